The molecule has 12 heavy (non-hydrogen) atoms. The van der Waals surface area contributed by atoms with E-state index in [1.54, 1.807) is 0 Å². The summed E-state index contributed by atoms with van der Waals surface area (Å²) in [5.41, 5.74) is 1.68. The van der Waals surface area contributed by atoms with Gasteiger partial charge in [0.05, 0.1) is 5.41 Å². The summed E-state index contributed by atoms with van der Waals surface area (Å²) in [5.74, 6) is 0.0631. The van der Waals surface area contributed by atoms with Crippen LogP contribution in [0.15, 0.2) is 23.4 Å². The van der Waals surface area contributed by atoms with Gasteiger partial charge in [-0.15, -0.1) is 0 Å². The van der Waals surface area contributed by atoms with Crippen molar-refractivity contribution in [2.75, 3.05) is 0 Å². The SMILES string of the molecule is CC1=C(C)NC(=O)C(C)(C)C=C1. The zero-order valence-electron chi connectivity index (χ0n) is 8.06. The van der Waals surface area contributed by atoms with E-state index in [0.29, 0.717) is 0 Å². The van der Waals surface area contributed by atoms with E-state index in [0.717, 1.165) is 11.3 Å². The van der Waals surface area contributed by atoms with Crippen LogP contribution < -0.4 is 5.32 Å². The summed E-state index contributed by atoms with van der Waals surface area (Å²) in [6.07, 6.45) is 3.93. The fourth-order valence-corrected chi connectivity index (χ4v) is 0.964. The van der Waals surface area contributed by atoms with Crippen molar-refractivity contribution in [3.05, 3.63) is 23.4 Å². The summed E-state index contributed by atoms with van der Waals surface area (Å²) >= 11 is 0. The van der Waals surface area contributed by atoms with Crippen molar-refractivity contribution in [3.8, 4) is 0 Å². The first kappa shape index (κ1) is 9.04. The molecule has 0 saturated carbocycles. The molecule has 0 unspecified atom stereocenters. The van der Waals surface area contributed by atoms with Crippen molar-refractivity contribution in [2.45, 2.75) is 27.7 Å². The number of carbonyl (C=O) groups is 1. The molecule has 2 heteroatoms. The minimum atomic E-state index is -0.390. The first-order valence-electron chi connectivity index (χ1n) is 4.11. The highest BCUT2D eigenvalue weighted by molar-refractivity contribution is 5.86. The van der Waals surface area contributed by atoms with Crippen LogP contribution in [0.1, 0.15) is 27.7 Å². The Morgan fingerprint density at radius 3 is 2.50 bits per heavy atom. The van der Waals surface area contributed by atoms with E-state index in [1.807, 2.05) is 39.8 Å². The van der Waals surface area contributed by atoms with Gasteiger partial charge in [0.1, 0.15) is 0 Å². The lowest BCUT2D eigenvalue weighted by molar-refractivity contribution is -0.126. The Kier molecular flexibility index (Phi) is 2.09. The molecule has 1 aliphatic heterocycles. The number of rotatable bonds is 0. The Hall–Kier alpha value is -1.05. The maximum absolute atomic E-state index is 11.5. The van der Waals surface area contributed by atoms with Gasteiger partial charge in [-0.05, 0) is 33.3 Å². The Bertz CT molecular complexity index is 272. The van der Waals surface area contributed by atoms with Crippen LogP contribution in [-0.4, -0.2) is 5.91 Å². The lowest BCUT2D eigenvalue weighted by atomic mass is 9.92. The highest BCUT2D eigenvalue weighted by atomic mass is 16.2. The summed E-state index contributed by atoms with van der Waals surface area (Å²) in [6, 6.07) is 0. The van der Waals surface area contributed by atoms with Crippen LogP contribution in [0.3, 0.4) is 0 Å². The van der Waals surface area contributed by atoms with Gasteiger partial charge in [-0.2, -0.15) is 0 Å². The maximum Gasteiger partial charge on any atom is 0.233 e. The summed E-state index contributed by atoms with van der Waals surface area (Å²) in [5, 5.41) is 2.86. The molecule has 2 nitrogen and oxygen atoms in total. The minimum absolute atomic E-state index is 0.0631. The van der Waals surface area contributed by atoms with Crippen molar-refractivity contribution in [1.29, 1.82) is 0 Å². The number of nitrogens with one attached hydrogen (secondary N) is 1. The van der Waals surface area contributed by atoms with Gasteiger partial charge in [0.15, 0.2) is 0 Å². The molecule has 0 saturated heterocycles. The Labute approximate surface area is 73.4 Å². The smallest absolute Gasteiger partial charge is 0.233 e. The summed E-state index contributed by atoms with van der Waals surface area (Å²) < 4.78 is 0. The largest absolute Gasteiger partial charge is 0.329 e. The average molecular weight is 165 g/mol. The molecule has 0 radical (unpaired) electrons. The van der Waals surface area contributed by atoms with Crippen LogP contribution in [0.4, 0.5) is 0 Å². The van der Waals surface area contributed by atoms with E-state index < -0.39 is 0 Å². The molecule has 1 heterocycles. The van der Waals surface area contributed by atoms with Crippen LogP contribution in [-0.2, 0) is 4.79 Å². The van der Waals surface area contributed by atoms with E-state index in [2.05, 4.69) is 5.32 Å². The van der Waals surface area contributed by atoms with Crippen LogP contribution in [0.5, 0.6) is 0 Å². The van der Waals surface area contributed by atoms with Gasteiger partial charge in [0, 0.05) is 5.70 Å². The maximum atomic E-state index is 11.5. The highest BCUT2D eigenvalue weighted by Gasteiger charge is 2.26. The van der Waals surface area contributed by atoms with E-state index in [-0.39, 0.29) is 11.3 Å². The molecule has 1 N–H and O–H groups in total. The first-order chi connectivity index (χ1) is 5.43. The third kappa shape index (κ3) is 1.58. The molecule has 1 rings (SSSR count). The molecule has 1 amide bonds. The summed E-state index contributed by atoms with van der Waals surface area (Å²) in [6.45, 7) is 7.72. The molecule has 1 aliphatic rings. The predicted octanol–water partition coefficient (Wildman–Crippen LogP) is 1.99. The molecule has 66 valence electrons. The topological polar surface area (TPSA) is 29.1 Å². The lowest BCUT2D eigenvalue weighted by Crippen LogP contribution is -2.33. The van der Waals surface area contributed by atoms with Gasteiger partial charge in [-0.1, -0.05) is 12.2 Å². The summed E-state index contributed by atoms with van der Waals surface area (Å²) in [4.78, 5) is 11.5. The van der Waals surface area contributed by atoms with Gasteiger partial charge in [0.2, 0.25) is 5.91 Å². The first-order valence-corrected chi connectivity index (χ1v) is 4.11. The molecule has 0 fully saturated rings. The molecule has 0 bridgehead atoms. The van der Waals surface area contributed by atoms with Crippen LogP contribution in [0.2, 0.25) is 0 Å². The van der Waals surface area contributed by atoms with Gasteiger partial charge < -0.3 is 5.32 Å². The lowest BCUT2D eigenvalue weighted by Gasteiger charge is -2.17. The molecular weight excluding hydrogens is 150 g/mol. The number of amides is 1. The molecule has 0 aromatic heterocycles. The fourth-order valence-electron chi connectivity index (χ4n) is 0.964. The average Bonchev–Trinajstić information content (AvgIpc) is 2.05. The van der Waals surface area contributed by atoms with E-state index in [1.165, 1.54) is 0 Å². The van der Waals surface area contributed by atoms with Crippen molar-refractivity contribution in [3.63, 3.8) is 0 Å². The molecule has 0 aromatic carbocycles. The third-order valence-electron chi connectivity index (χ3n) is 2.23. The van der Waals surface area contributed by atoms with Crippen LogP contribution in [0.25, 0.3) is 0 Å². The van der Waals surface area contributed by atoms with Gasteiger partial charge in [-0.25, -0.2) is 0 Å². The fraction of sp³-hybridized carbons (Fsp3) is 0.500. The van der Waals surface area contributed by atoms with Crippen molar-refractivity contribution >= 4 is 5.91 Å². The van der Waals surface area contributed by atoms with E-state index >= 15 is 0 Å². The van der Waals surface area contributed by atoms with Crippen molar-refractivity contribution in [2.24, 2.45) is 5.41 Å². The quantitative estimate of drug-likeness (QED) is 0.584. The third-order valence-corrected chi connectivity index (χ3v) is 2.23. The molecular formula is C10H15NO. The predicted molar refractivity (Wildman–Crippen MR) is 49.4 cm³/mol. The Morgan fingerprint density at radius 1 is 1.33 bits per heavy atom. The second-order valence-electron chi connectivity index (χ2n) is 3.82. The number of allylic oxidation sites excluding steroid dienone is 3. The molecule has 0 aliphatic carbocycles. The number of carbonyl (C=O) groups excluding carboxylic acids is 1. The van der Waals surface area contributed by atoms with Crippen molar-refractivity contribution in [1.82, 2.24) is 5.32 Å². The van der Waals surface area contributed by atoms with Crippen LogP contribution in [0, 0.1) is 5.41 Å². The second kappa shape index (κ2) is 2.77. The van der Waals surface area contributed by atoms with Gasteiger partial charge in [0.25, 0.3) is 0 Å². The zero-order valence-corrected chi connectivity index (χ0v) is 8.06. The van der Waals surface area contributed by atoms with Crippen molar-refractivity contribution < 1.29 is 4.79 Å². The van der Waals surface area contributed by atoms with Gasteiger partial charge >= 0.3 is 0 Å². The standard InChI is InChI=1S/C10H15NO/c1-7-5-6-10(3,4)9(12)11-8(7)2/h5-6H,1-4H3,(H,11,12). The minimum Gasteiger partial charge on any atom is -0.329 e. The Balaban J connectivity index is 3.03. The summed E-state index contributed by atoms with van der Waals surface area (Å²) in [7, 11) is 0. The number of hydrogen-bond donors (Lipinski definition) is 1. The van der Waals surface area contributed by atoms with Crippen LogP contribution >= 0.6 is 0 Å². The molecule has 0 atom stereocenters. The Morgan fingerprint density at radius 2 is 1.92 bits per heavy atom. The monoisotopic (exact) mass is 165 g/mol. The van der Waals surface area contributed by atoms with E-state index in [4.69, 9.17) is 0 Å². The van der Waals surface area contributed by atoms with E-state index in [9.17, 15) is 4.79 Å². The zero-order chi connectivity index (χ0) is 9.35. The normalized spacial score (nSPS) is 22.2. The molecule has 0 spiro atoms. The molecule has 0 aromatic rings. The second-order valence-corrected chi connectivity index (χ2v) is 3.82. The highest BCUT2D eigenvalue weighted by Crippen LogP contribution is 2.22. The number of hydrogen-bond acceptors (Lipinski definition) is 1. The van der Waals surface area contributed by atoms with Gasteiger partial charge in [-0.3, -0.25) is 4.79 Å².